The summed E-state index contributed by atoms with van der Waals surface area (Å²) in [6, 6.07) is 12.8. The second-order valence-electron chi connectivity index (χ2n) is 5.83. The van der Waals surface area contributed by atoms with Crippen LogP contribution < -0.4 is 9.47 Å². The van der Waals surface area contributed by atoms with E-state index in [1.54, 1.807) is 31.2 Å². The Morgan fingerprint density at radius 2 is 2.03 bits per heavy atom. The summed E-state index contributed by atoms with van der Waals surface area (Å²) < 4.78 is 18.1. The van der Waals surface area contributed by atoms with Crippen LogP contribution in [-0.2, 0) is 5.75 Å². The van der Waals surface area contributed by atoms with Gasteiger partial charge < -0.3 is 13.9 Å². The summed E-state index contributed by atoms with van der Waals surface area (Å²) in [5.74, 6) is 2.95. The molecule has 2 heterocycles. The van der Waals surface area contributed by atoms with Crippen molar-refractivity contribution in [3.63, 3.8) is 0 Å². The number of benzene rings is 2. The predicted molar refractivity (Wildman–Crippen MR) is 109 cm³/mol. The molecule has 0 aliphatic rings. The zero-order valence-electron chi connectivity index (χ0n) is 15.6. The summed E-state index contributed by atoms with van der Waals surface area (Å²) in [4.78, 5) is 4.33. The molecule has 0 amide bonds. The number of tetrazole rings is 1. The molecule has 4 aromatic rings. The number of methoxy groups -OCH3 is 2. The van der Waals surface area contributed by atoms with Crippen molar-refractivity contribution in [1.82, 2.24) is 25.2 Å². The fraction of sp³-hybridized carbons (Fsp3) is 0.158. The van der Waals surface area contributed by atoms with Gasteiger partial charge in [0.2, 0.25) is 11.0 Å². The van der Waals surface area contributed by atoms with Crippen LogP contribution >= 0.6 is 23.4 Å². The van der Waals surface area contributed by atoms with Crippen LogP contribution in [0.2, 0.25) is 5.02 Å². The summed E-state index contributed by atoms with van der Waals surface area (Å²) in [6.45, 7) is 0. The molecule has 0 radical (unpaired) electrons. The number of oxazole rings is 1. The van der Waals surface area contributed by atoms with Crippen LogP contribution in [0.1, 0.15) is 5.89 Å². The zero-order valence-corrected chi connectivity index (χ0v) is 17.1. The molecule has 148 valence electrons. The summed E-state index contributed by atoms with van der Waals surface area (Å²) in [5.41, 5.74) is 1.54. The maximum Gasteiger partial charge on any atom is 0.214 e. The summed E-state index contributed by atoms with van der Waals surface area (Å²) in [6.07, 6.45) is 1.68. The third-order valence-corrected chi connectivity index (χ3v) is 5.18. The second kappa shape index (κ2) is 8.54. The molecule has 0 fully saturated rings. The van der Waals surface area contributed by atoms with E-state index < -0.39 is 0 Å². The highest BCUT2D eigenvalue weighted by Gasteiger charge is 2.16. The Labute approximate surface area is 175 Å². The Kier molecular flexibility index (Phi) is 5.68. The lowest BCUT2D eigenvalue weighted by Crippen LogP contribution is -2.02. The normalized spacial score (nSPS) is 10.9. The first-order chi connectivity index (χ1) is 14.2. The quantitative estimate of drug-likeness (QED) is 0.402. The Balaban J connectivity index is 1.54. The zero-order chi connectivity index (χ0) is 20.2. The van der Waals surface area contributed by atoms with Crippen molar-refractivity contribution in [1.29, 1.82) is 0 Å². The third kappa shape index (κ3) is 4.20. The summed E-state index contributed by atoms with van der Waals surface area (Å²) in [5, 5.41) is 13.2. The van der Waals surface area contributed by atoms with E-state index in [0.29, 0.717) is 44.8 Å². The fourth-order valence-electron chi connectivity index (χ4n) is 2.66. The monoisotopic (exact) mass is 429 g/mol. The van der Waals surface area contributed by atoms with Crippen LogP contribution in [0.25, 0.3) is 17.0 Å². The number of aromatic nitrogens is 5. The van der Waals surface area contributed by atoms with Gasteiger partial charge in [0.1, 0.15) is 17.2 Å². The molecule has 0 spiro atoms. The molecule has 10 heteroatoms. The van der Waals surface area contributed by atoms with Crippen LogP contribution in [0.15, 0.2) is 58.2 Å². The highest BCUT2D eigenvalue weighted by Crippen LogP contribution is 2.31. The van der Waals surface area contributed by atoms with Crippen LogP contribution in [0.3, 0.4) is 0 Å². The van der Waals surface area contributed by atoms with E-state index in [1.165, 1.54) is 11.8 Å². The van der Waals surface area contributed by atoms with Crippen LogP contribution in [0.5, 0.6) is 11.5 Å². The molecule has 0 unspecified atom stereocenters. The molecule has 29 heavy (non-hydrogen) atoms. The predicted octanol–water partition coefficient (Wildman–Crippen LogP) is 4.28. The van der Waals surface area contributed by atoms with Gasteiger partial charge in [0.25, 0.3) is 0 Å². The molecule has 0 N–H and O–H groups in total. The number of hydrogen-bond acceptors (Lipinski definition) is 8. The van der Waals surface area contributed by atoms with Gasteiger partial charge >= 0.3 is 0 Å². The molecule has 0 atom stereocenters. The first-order valence-corrected chi connectivity index (χ1v) is 9.88. The van der Waals surface area contributed by atoms with Crippen molar-refractivity contribution < 1.29 is 13.9 Å². The van der Waals surface area contributed by atoms with Gasteiger partial charge in [0, 0.05) is 16.7 Å². The molecule has 4 rings (SSSR count). The number of hydrogen-bond donors (Lipinski definition) is 0. The Morgan fingerprint density at radius 1 is 1.14 bits per heavy atom. The Morgan fingerprint density at radius 3 is 2.83 bits per heavy atom. The number of ether oxygens (including phenoxy) is 2. The van der Waals surface area contributed by atoms with Gasteiger partial charge in [-0.15, -0.1) is 5.10 Å². The molecule has 2 aromatic carbocycles. The van der Waals surface area contributed by atoms with Crippen molar-refractivity contribution >= 4 is 23.4 Å². The van der Waals surface area contributed by atoms with Gasteiger partial charge in [-0.1, -0.05) is 35.5 Å². The molecule has 0 aliphatic carbocycles. The van der Waals surface area contributed by atoms with E-state index in [1.807, 2.05) is 36.4 Å². The molecule has 8 nitrogen and oxygen atoms in total. The number of nitrogens with zero attached hydrogens (tertiary/aromatic N) is 5. The minimum Gasteiger partial charge on any atom is -0.497 e. The fourth-order valence-corrected chi connectivity index (χ4v) is 3.59. The molecular formula is C19H16ClN5O3S. The highest BCUT2D eigenvalue weighted by atomic mass is 35.5. The first kappa shape index (κ1) is 19.3. The lowest BCUT2D eigenvalue weighted by Gasteiger charge is -2.10. The lowest BCUT2D eigenvalue weighted by molar-refractivity contribution is 0.399. The van der Waals surface area contributed by atoms with E-state index >= 15 is 0 Å². The maximum absolute atomic E-state index is 6.04. The smallest absolute Gasteiger partial charge is 0.214 e. The van der Waals surface area contributed by atoms with E-state index in [2.05, 4.69) is 20.5 Å². The highest BCUT2D eigenvalue weighted by molar-refractivity contribution is 7.98. The van der Waals surface area contributed by atoms with Gasteiger partial charge in [0.05, 0.1) is 26.2 Å². The minimum atomic E-state index is 0.452. The molecular weight excluding hydrogens is 414 g/mol. The van der Waals surface area contributed by atoms with Crippen molar-refractivity contribution in [2.24, 2.45) is 0 Å². The average Bonchev–Trinajstić information content (AvgIpc) is 3.41. The van der Waals surface area contributed by atoms with E-state index in [0.717, 1.165) is 5.56 Å². The first-order valence-electron chi connectivity index (χ1n) is 8.52. The molecule has 0 saturated heterocycles. The van der Waals surface area contributed by atoms with Crippen molar-refractivity contribution in [3.8, 4) is 28.5 Å². The van der Waals surface area contributed by atoms with Gasteiger partial charge in [-0.3, -0.25) is 0 Å². The summed E-state index contributed by atoms with van der Waals surface area (Å²) in [7, 11) is 3.19. The molecule has 0 bridgehead atoms. The van der Waals surface area contributed by atoms with Gasteiger partial charge in [-0.2, -0.15) is 4.68 Å². The second-order valence-corrected chi connectivity index (χ2v) is 7.21. The third-order valence-electron chi connectivity index (χ3n) is 4.04. The Bertz CT molecular complexity index is 1130. The average molecular weight is 430 g/mol. The Hall–Kier alpha value is -3.04. The lowest BCUT2D eigenvalue weighted by atomic mass is 10.2. The number of thioether (sulfide) groups is 1. The maximum atomic E-state index is 6.04. The van der Waals surface area contributed by atoms with Gasteiger partial charge in [-0.05, 0) is 34.7 Å². The van der Waals surface area contributed by atoms with E-state index in [4.69, 9.17) is 25.5 Å². The van der Waals surface area contributed by atoms with Crippen molar-refractivity contribution in [3.05, 3.63) is 59.6 Å². The van der Waals surface area contributed by atoms with Gasteiger partial charge in [0.15, 0.2) is 5.76 Å². The van der Waals surface area contributed by atoms with Gasteiger partial charge in [-0.25, -0.2) is 4.98 Å². The number of halogens is 1. The topological polar surface area (TPSA) is 88.1 Å². The van der Waals surface area contributed by atoms with Crippen LogP contribution in [0, 0.1) is 0 Å². The largest absolute Gasteiger partial charge is 0.497 e. The van der Waals surface area contributed by atoms with Crippen molar-refractivity contribution in [2.45, 2.75) is 10.9 Å². The van der Waals surface area contributed by atoms with E-state index in [-0.39, 0.29) is 0 Å². The molecule has 0 aliphatic heterocycles. The number of rotatable bonds is 7. The van der Waals surface area contributed by atoms with Crippen LogP contribution in [0.4, 0.5) is 0 Å². The minimum absolute atomic E-state index is 0.452. The van der Waals surface area contributed by atoms with Crippen molar-refractivity contribution in [2.75, 3.05) is 14.2 Å². The molecule has 0 saturated carbocycles. The summed E-state index contributed by atoms with van der Waals surface area (Å²) >= 11 is 7.44. The van der Waals surface area contributed by atoms with E-state index in [9.17, 15) is 0 Å². The van der Waals surface area contributed by atoms with Crippen LogP contribution in [-0.4, -0.2) is 39.4 Å². The standard InChI is InChI=1S/C19H16ClN5O3S/c1-26-14-6-7-16(27-2)15(9-14)25-19(22-23-24-25)29-11-18-21-10-17(28-18)12-4-3-5-13(20)8-12/h3-10H,11H2,1-2H3. The molecule has 2 aromatic heterocycles. The SMILES string of the molecule is COc1ccc(OC)c(-n2nnnc2SCc2ncc(-c3cccc(Cl)c3)o2)c1.